The molecule has 3 aliphatic rings. The van der Waals surface area contributed by atoms with Crippen molar-refractivity contribution in [2.45, 2.75) is 31.4 Å². The number of aromatic amines is 1. The van der Waals surface area contributed by atoms with Crippen molar-refractivity contribution in [1.29, 1.82) is 0 Å². The quantitative estimate of drug-likeness (QED) is 0.651. The van der Waals surface area contributed by atoms with Gasteiger partial charge in [-0.2, -0.15) is 0 Å². The molecule has 2 N–H and O–H groups in total. The highest BCUT2D eigenvalue weighted by molar-refractivity contribution is 5.95. The average molecular weight is 445 g/mol. The number of nitrogens with zero attached hydrogens (tertiary/aromatic N) is 3. The third-order valence-corrected chi connectivity index (χ3v) is 7.34. The Bertz CT molecular complexity index is 1220. The zero-order valence-corrected chi connectivity index (χ0v) is 18.6. The van der Waals surface area contributed by atoms with Crippen LogP contribution in [0.4, 0.5) is 5.69 Å². The van der Waals surface area contributed by atoms with E-state index in [0.717, 1.165) is 25.2 Å². The highest BCUT2D eigenvalue weighted by atomic mass is 16.3. The number of anilines is 1. The van der Waals surface area contributed by atoms with Crippen molar-refractivity contribution < 1.29 is 14.7 Å². The van der Waals surface area contributed by atoms with Gasteiger partial charge in [0.2, 0.25) is 0 Å². The second-order valence-corrected chi connectivity index (χ2v) is 9.46. The Balaban J connectivity index is 1.11. The Morgan fingerprint density at radius 1 is 0.879 bits per heavy atom. The third-order valence-electron chi connectivity index (χ3n) is 7.34. The molecule has 2 aromatic carbocycles. The Morgan fingerprint density at radius 3 is 2.30 bits per heavy atom. The molecule has 2 amide bonds. The molecule has 2 aliphatic heterocycles. The van der Waals surface area contributed by atoms with E-state index in [2.05, 4.69) is 34.1 Å². The third kappa shape index (κ3) is 3.56. The van der Waals surface area contributed by atoms with Crippen molar-refractivity contribution in [2.24, 2.45) is 0 Å². The van der Waals surface area contributed by atoms with Crippen LogP contribution >= 0.6 is 0 Å². The number of fused-ring (bicyclic) bond motifs is 3. The van der Waals surface area contributed by atoms with Gasteiger partial charge in [-0.15, -0.1) is 0 Å². The summed E-state index contributed by atoms with van der Waals surface area (Å²) in [5.74, 6) is -0.185. The molecular weight excluding hydrogens is 416 g/mol. The molecule has 6 rings (SSSR count). The number of aromatic nitrogens is 1. The number of nitrogens with one attached hydrogen (secondary N) is 1. The van der Waals surface area contributed by atoms with Crippen molar-refractivity contribution in [3.05, 3.63) is 65.4 Å². The number of para-hydroxylation sites is 1. The van der Waals surface area contributed by atoms with Crippen molar-refractivity contribution >= 4 is 28.4 Å². The van der Waals surface area contributed by atoms with Gasteiger partial charge in [0.25, 0.3) is 11.8 Å². The van der Waals surface area contributed by atoms with Crippen molar-refractivity contribution in [2.75, 3.05) is 37.6 Å². The fourth-order valence-corrected chi connectivity index (χ4v) is 5.12. The second-order valence-electron chi connectivity index (χ2n) is 9.46. The van der Waals surface area contributed by atoms with E-state index in [4.69, 9.17) is 0 Å². The Hall–Kier alpha value is -3.32. The lowest BCUT2D eigenvalue weighted by atomic mass is 10.0. The highest BCUT2D eigenvalue weighted by Crippen LogP contribution is 2.37. The molecule has 170 valence electrons. The first-order valence-corrected chi connectivity index (χ1v) is 11.8. The number of hydrogen-bond acceptors (Lipinski definition) is 4. The summed E-state index contributed by atoms with van der Waals surface area (Å²) < 4.78 is 0. The van der Waals surface area contributed by atoms with Gasteiger partial charge in [0, 0.05) is 79.1 Å². The lowest BCUT2D eigenvalue weighted by molar-refractivity contribution is -0.143. The molecule has 33 heavy (non-hydrogen) atoms. The van der Waals surface area contributed by atoms with Crippen LogP contribution in [-0.2, 0) is 17.8 Å². The molecule has 3 heterocycles. The summed E-state index contributed by atoms with van der Waals surface area (Å²) in [5, 5.41) is 11.3. The van der Waals surface area contributed by atoms with Crippen LogP contribution in [0.15, 0.2) is 48.5 Å². The molecule has 3 aromatic rings. The molecule has 0 unspecified atom stereocenters. The van der Waals surface area contributed by atoms with Gasteiger partial charge in [0.05, 0.1) is 0 Å². The number of aliphatic hydroxyl groups is 1. The highest BCUT2D eigenvalue weighted by Gasteiger charge is 2.50. The van der Waals surface area contributed by atoms with Crippen LogP contribution in [0.5, 0.6) is 0 Å². The summed E-state index contributed by atoms with van der Waals surface area (Å²) in [6, 6.07) is 16.3. The van der Waals surface area contributed by atoms with E-state index in [-0.39, 0.29) is 11.8 Å². The predicted octanol–water partition coefficient (Wildman–Crippen LogP) is 2.54. The van der Waals surface area contributed by atoms with Gasteiger partial charge in [-0.05, 0) is 43.2 Å². The maximum absolute atomic E-state index is 13.0. The molecular formula is C26H28N4O3. The smallest absolute Gasteiger partial charge is 0.254 e. The normalized spacial score (nSPS) is 19.5. The lowest BCUT2D eigenvalue weighted by Gasteiger charge is -2.36. The van der Waals surface area contributed by atoms with Gasteiger partial charge < -0.3 is 24.8 Å². The Labute approximate surface area is 192 Å². The molecule has 7 heteroatoms. The molecule has 0 spiro atoms. The molecule has 2 fully saturated rings. The fraction of sp³-hybridized carbons (Fsp3) is 0.385. The molecule has 0 atom stereocenters. The number of hydrogen-bond donors (Lipinski definition) is 2. The van der Waals surface area contributed by atoms with Gasteiger partial charge in [-0.1, -0.05) is 18.2 Å². The van der Waals surface area contributed by atoms with Crippen LogP contribution in [0.1, 0.15) is 34.5 Å². The number of carbonyl (C=O) groups is 2. The monoisotopic (exact) mass is 444 g/mol. The van der Waals surface area contributed by atoms with E-state index in [0.29, 0.717) is 44.6 Å². The molecule has 1 aromatic heterocycles. The maximum atomic E-state index is 13.0. The Kier molecular flexibility index (Phi) is 4.69. The first-order valence-electron chi connectivity index (χ1n) is 11.8. The summed E-state index contributed by atoms with van der Waals surface area (Å²) in [6.07, 6.45) is 2.08. The topological polar surface area (TPSA) is 79.9 Å². The van der Waals surface area contributed by atoms with E-state index in [1.54, 1.807) is 9.80 Å². The molecule has 1 aliphatic carbocycles. The van der Waals surface area contributed by atoms with E-state index < -0.39 is 5.60 Å². The van der Waals surface area contributed by atoms with Crippen molar-refractivity contribution in [1.82, 2.24) is 14.8 Å². The summed E-state index contributed by atoms with van der Waals surface area (Å²) in [5.41, 5.74) is 4.54. The SMILES string of the molecule is O=C(c1ccc(N2CCc3[nH]c4ccccc4c3C2)cc1)N1CCN(C(=O)C2(O)CC2)CC1. The predicted molar refractivity (Wildman–Crippen MR) is 126 cm³/mol. The zero-order valence-electron chi connectivity index (χ0n) is 18.6. The number of benzene rings is 2. The molecule has 1 saturated heterocycles. The van der Waals surface area contributed by atoms with Crippen LogP contribution in [0.25, 0.3) is 10.9 Å². The molecule has 1 saturated carbocycles. The summed E-state index contributed by atoms with van der Waals surface area (Å²) in [7, 11) is 0. The van der Waals surface area contributed by atoms with Crippen LogP contribution in [0.3, 0.4) is 0 Å². The minimum atomic E-state index is -1.14. The van der Waals surface area contributed by atoms with Crippen LogP contribution < -0.4 is 4.90 Å². The number of H-pyrrole nitrogens is 1. The minimum absolute atomic E-state index is 0.00339. The summed E-state index contributed by atoms with van der Waals surface area (Å²) in [6.45, 7) is 3.75. The standard InChI is InChI=1S/C26H28N4O3/c31-24(28-13-15-29(16-14-28)25(32)26(33)10-11-26)18-5-7-19(8-6-18)30-12-9-23-21(17-30)20-3-1-2-4-22(20)27-23/h1-8,27,33H,9-17H2. The molecule has 0 bridgehead atoms. The van der Waals surface area contributed by atoms with Gasteiger partial charge in [-0.3, -0.25) is 9.59 Å². The van der Waals surface area contributed by atoms with Crippen molar-refractivity contribution in [3.8, 4) is 0 Å². The van der Waals surface area contributed by atoms with Crippen LogP contribution in [-0.4, -0.2) is 70.0 Å². The van der Waals surface area contributed by atoms with Gasteiger partial charge >= 0.3 is 0 Å². The largest absolute Gasteiger partial charge is 0.380 e. The van der Waals surface area contributed by atoms with Crippen molar-refractivity contribution in [3.63, 3.8) is 0 Å². The molecule has 7 nitrogen and oxygen atoms in total. The first-order chi connectivity index (χ1) is 16.0. The zero-order chi connectivity index (χ0) is 22.6. The molecule has 0 radical (unpaired) electrons. The lowest BCUT2D eigenvalue weighted by Crippen LogP contribution is -2.53. The second kappa shape index (κ2) is 7.63. The van der Waals surface area contributed by atoms with E-state index in [1.165, 1.54) is 22.2 Å². The van der Waals surface area contributed by atoms with E-state index >= 15 is 0 Å². The van der Waals surface area contributed by atoms with Crippen LogP contribution in [0.2, 0.25) is 0 Å². The number of rotatable bonds is 3. The van der Waals surface area contributed by atoms with Crippen LogP contribution in [0, 0.1) is 0 Å². The fourth-order valence-electron chi connectivity index (χ4n) is 5.12. The van der Waals surface area contributed by atoms with E-state index in [9.17, 15) is 14.7 Å². The number of piperazine rings is 1. The summed E-state index contributed by atoms with van der Waals surface area (Å²) in [4.78, 5) is 34.7. The minimum Gasteiger partial charge on any atom is -0.380 e. The van der Waals surface area contributed by atoms with Gasteiger partial charge in [0.15, 0.2) is 0 Å². The first kappa shape index (κ1) is 20.3. The number of amides is 2. The maximum Gasteiger partial charge on any atom is 0.254 e. The van der Waals surface area contributed by atoms with Gasteiger partial charge in [0.1, 0.15) is 5.60 Å². The Morgan fingerprint density at radius 2 is 1.58 bits per heavy atom. The van der Waals surface area contributed by atoms with Gasteiger partial charge in [-0.25, -0.2) is 0 Å². The number of carbonyl (C=O) groups excluding carboxylic acids is 2. The summed E-state index contributed by atoms with van der Waals surface area (Å²) >= 11 is 0. The van der Waals surface area contributed by atoms with E-state index in [1.807, 2.05) is 24.3 Å². The average Bonchev–Trinajstić information content (AvgIpc) is 3.51.